The Labute approximate surface area is 120 Å². The molecule has 1 aliphatic rings. The van der Waals surface area contributed by atoms with Crippen LogP contribution in [0.5, 0.6) is 0 Å². The molecule has 0 saturated carbocycles. The predicted octanol–water partition coefficient (Wildman–Crippen LogP) is 4.49. The summed E-state index contributed by atoms with van der Waals surface area (Å²) in [6.45, 7) is 0.237. The van der Waals surface area contributed by atoms with Gasteiger partial charge in [-0.15, -0.1) is 0 Å². The summed E-state index contributed by atoms with van der Waals surface area (Å²) >= 11 is 0. The average molecular weight is 294 g/mol. The Morgan fingerprint density at radius 1 is 0.905 bits per heavy atom. The van der Waals surface area contributed by atoms with Gasteiger partial charge >= 0.3 is 6.18 Å². The van der Waals surface area contributed by atoms with Gasteiger partial charge in [0, 0.05) is 5.56 Å². The molecule has 1 fully saturated rings. The molecule has 3 rings (SSSR count). The van der Waals surface area contributed by atoms with Crippen molar-refractivity contribution in [3.05, 3.63) is 71.3 Å². The lowest BCUT2D eigenvalue weighted by Crippen LogP contribution is -2.07. The fourth-order valence-electron chi connectivity index (χ4n) is 2.28. The second kappa shape index (κ2) is 5.50. The lowest BCUT2D eigenvalue weighted by molar-refractivity contribution is -0.137. The van der Waals surface area contributed by atoms with E-state index in [-0.39, 0.29) is 6.61 Å². The zero-order valence-corrected chi connectivity index (χ0v) is 11.0. The predicted molar refractivity (Wildman–Crippen MR) is 70.4 cm³/mol. The molecule has 2 atom stereocenters. The van der Waals surface area contributed by atoms with Crippen LogP contribution in [-0.4, -0.2) is 6.61 Å². The summed E-state index contributed by atoms with van der Waals surface area (Å²) in [5, 5.41) is 0. The van der Waals surface area contributed by atoms with E-state index in [0.29, 0.717) is 5.56 Å². The minimum Gasteiger partial charge on any atom is -0.345 e. The highest BCUT2D eigenvalue weighted by Crippen LogP contribution is 2.37. The Morgan fingerprint density at radius 3 is 2.33 bits per heavy atom. The number of ether oxygens (including phenoxy) is 2. The van der Waals surface area contributed by atoms with Gasteiger partial charge in [0.25, 0.3) is 0 Å². The molecule has 0 aromatic heterocycles. The van der Waals surface area contributed by atoms with E-state index in [1.54, 1.807) is 6.07 Å². The Balaban J connectivity index is 1.78. The zero-order valence-electron chi connectivity index (χ0n) is 11.0. The van der Waals surface area contributed by atoms with Crippen LogP contribution in [0.4, 0.5) is 13.2 Å². The molecule has 1 aliphatic heterocycles. The lowest BCUT2D eigenvalue weighted by atomic mass is 10.1. The van der Waals surface area contributed by atoms with Crippen LogP contribution < -0.4 is 0 Å². The number of hydrogen-bond acceptors (Lipinski definition) is 2. The Kier molecular flexibility index (Phi) is 3.69. The van der Waals surface area contributed by atoms with Gasteiger partial charge in [-0.1, -0.05) is 42.5 Å². The highest BCUT2D eigenvalue weighted by atomic mass is 19.4. The van der Waals surface area contributed by atoms with Crippen molar-refractivity contribution in [2.24, 2.45) is 0 Å². The van der Waals surface area contributed by atoms with Crippen LogP contribution in [0.1, 0.15) is 29.1 Å². The number of halogens is 3. The fraction of sp³-hybridized carbons (Fsp3) is 0.250. The van der Waals surface area contributed by atoms with Crippen molar-refractivity contribution in [1.29, 1.82) is 0 Å². The largest absolute Gasteiger partial charge is 0.416 e. The molecule has 1 unspecified atom stereocenters. The van der Waals surface area contributed by atoms with E-state index < -0.39 is 24.1 Å². The topological polar surface area (TPSA) is 18.5 Å². The maximum Gasteiger partial charge on any atom is 0.416 e. The molecule has 0 N–H and O–H groups in total. The molecule has 2 aromatic rings. The molecule has 2 nitrogen and oxygen atoms in total. The molecule has 0 spiro atoms. The molecule has 0 radical (unpaired) electrons. The summed E-state index contributed by atoms with van der Waals surface area (Å²) in [7, 11) is 0. The Hall–Kier alpha value is -1.85. The summed E-state index contributed by atoms with van der Waals surface area (Å²) in [5.74, 6) is 0. The van der Waals surface area contributed by atoms with E-state index in [9.17, 15) is 13.2 Å². The van der Waals surface area contributed by atoms with Crippen LogP contribution >= 0.6 is 0 Å². The number of alkyl halides is 3. The summed E-state index contributed by atoms with van der Waals surface area (Å²) in [6, 6.07) is 14.5. The highest BCUT2D eigenvalue weighted by Gasteiger charge is 2.33. The molecule has 1 heterocycles. The Bertz CT molecular complexity index is 610. The smallest absolute Gasteiger partial charge is 0.345 e. The second-order valence-corrected chi connectivity index (χ2v) is 4.82. The first kappa shape index (κ1) is 14.1. The highest BCUT2D eigenvalue weighted by molar-refractivity contribution is 5.28. The summed E-state index contributed by atoms with van der Waals surface area (Å²) in [5.41, 5.74) is 0.655. The number of rotatable bonds is 2. The zero-order chi connectivity index (χ0) is 14.9. The van der Waals surface area contributed by atoms with Gasteiger partial charge in [-0.3, -0.25) is 0 Å². The molecule has 1 saturated heterocycles. The van der Waals surface area contributed by atoms with Crippen molar-refractivity contribution in [2.45, 2.75) is 18.6 Å². The molecular formula is C16H13F3O2. The molecule has 21 heavy (non-hydrogen) atoms. The van der Waals surface area contributed by atoms with Crippen molar-refractivity contribution >= 4 is 0 Å². The van der Waals surface area contributed by atoms with Gasteiger partial charge in [0.05, 0.1) is 12.2 Å². The van der Waals surface area contributed by atoms with E-state index in [0.717, 1.165) is 17.7 Å². The van der Waals surface area contributed by atoms with Crippen LogP contribution in [0.25, 0.3) is 0 Å². The molecule has 0 bridgehead atoms. The van der Waals surface area contributed by atoms with E-state index in [4.69, 9.17) is 9.47 Å². The third kappa shape index (κ3) is 3.09. The minimum absolute atomic E-state index is 0.237. The van der Waals surface area contributed by atoms with Gasteiger partial charge in [0.1, 0.15) is 6.10 Å². The molecular weight excluding hydrogens is 281 g/mol. The monoisotopic (exact) mass is 294 g/mol. The molecule has 0 aliphatic carbocycles. The lowest BCUT2D eigenvalue weighted by Gasteiger charge is -2.13. The van der Waals surface area contributed by atoms with Crippen molar-refractivity contribution in [3.63, 3.8) is 0 Å². The summed E-state index contributed by atoms with van der Waals surface area (Å²) in [6.07, 6.45) is -5.38. The van der Waals surface area contributed by atoms with Gasteiger partial charge in [-0.2, -0.15) is 13.2 Å². The van der Waals surface area contributed by atoms with E-state index >= 15 is 0 Å². The summed E-state index contributed by atoms with van der Waals surface area (Å²) in [4.78, 5) is 0. The van der Waals surface area contributed by atoms with E-state index in [1.165, 1.54) is 6.07 Å². The van der Waals surface area contributed by atoms with E-state index in [2.05, 4.69) is 0 Å². The third-order valence-corrected chi connectivity index (χ3v) is 3.34. The van der Waals surface area contributed by atoms with Crippen LogP contribution in [0.15, 0.2) is 54.6 Å². The van der Waals surface area contributed by atoms with Crippen molar-refractivity contribution < 1.29 is 22.6 Å². The molecule has 0 amide bonds. The fourth-order valence-corrected chi connectivity index (χ4v) is 2.28. The first-order valence-corrected chi connectivity index (χ1v) is 6.53. The van der Waals surface area contributed by atoms with Crippen molar-refractivity contribution in [2.75, 3.05) is 6.61 Å². The van der Waals surface area contributed by atoms with Crippen LogP contribution in [-0.2, 0) is 15.7 Å². The number of hydrogen-bond donors (Lipinski definition) is 0. The third-order valence-electron chi connectivity index (χ3n) is 3.34. The maximum absolute atomic E-state index is 12.7. The van der Waals surface area contributed by atoms with Crippen molar-refractivity contribution in [3.8, 4) is 0 Å². The first-order valence-electron chi connectivity index (χ1n) is 6.53. The van der Waals surface area contributed by atoms with E-state index in [1.807, 2.05) is 30.3 Å². The second-order valence-electron chi connectivity index (χ2n) is 4.82. The minimum atomic E-state index is -4.35. The van der Waals surface area contributed by atoms with Gasteiger partial charge in [-0.05, 0) is 17.7 Å². The standard InChI is InChI=1S/C16H13F3O2/c17-16(18,19)13-8-4-7-12(9-13)14-10-20-15(21-14)11-5-2-1-3-6-11/h1-9,14-15H,10H2/t14-,15?/m1/s1. The van der Waals surface area contributed by atoms with Crippen LogP contribution in [0.2, 0.25) is 0 Å². The Morgan fingerprint density at radius 2 is 1.62 bits per heavy atom. The first-order chi connectivity index (χ1) is 10.0. The van der Waals surface area contributed by atoms with Crippen LogP contribution in [0.3, 0.4) is 0 Å². The van der Waals surface area contributed by atoms with Gasteiger partial charge in [-0.25, -0.2) is 0 Å². The molecule has 2 aromatic carbocycles. The van der Waals surface area contributed by atoms with Crippen LogP contribution in [0, 0.1) is 0 Å². The quantitative estimate of drug-likeness (QED) is 0.812. The van der Waals surface area contributed by atoms with Gasteiger partial charge < -0.3 is 9.47 Å². The molecule has 5 heteroatoms. The van der Waals surface area contributed by atoms with Crippen molar-refractivity contribution in [1.82, 2.24) is 0 Å². The van der Waals surface area contributed by atoms with Gasteiger partial charge in [0.2, 0.25) is 0 Å². The SMILES string of the molecule is FC(F)(F)c1cccc([C@H]2COC(c3ccccc3)O2)c1. The number of benzene rings is 2. The molecule has 110 valence electrons. The van der Waals surface area contributed by atoms with Gasteiger partial charge in [0.15, 0.2) is 6.29 Å². The maximum atomic E-state index is 12.7. The average Bonchev–Trinajstić information content (AvgIpc) is 2.97. The normalized spacial score (nSPS) is 22.4. The summed E-state index contributed by atoms with van der Waals surface area (Å²) < 4.78 is 49.4.